The van der Waals surface area contributed by atoms with Crippen LogP contribution in [0.1, 0.15) is 31.4 Å². The standard InChI is InChI=1S/C34H34Cl3N3O4S/c1-3-24(2)38-34(42)32(20-25-9-5-4-6-10-25)39(22-26-11-7-12-28(36)19-26)33(41)23-40(30-14-8-13-29(37)21-30)45(43,44)31-17-15-27(35)16-18-31/h4-19,21,24,32H,3,20,22-23H2,1-2H3,(H,38,42)/t24-,32+/m1/s1. The predicted octanol–water partition coefficient (Wildman–Crippen LogP) is 7.40. The lowest BCUT2D eigenvalue weighted by molar-refractivity contribution is -0.140. The summed E-state index contributed by atoms with van der Waals surface area (Å²) in [6.45, 7) is 3.25. The number of carbonyl (C=O) groups excluding carboxylic acids is 2. The largest absolute Gasteiger partial charge is 0.352 e. The van der Waals surface area contributed by atoms with Gasteiger partial charge in [-0.05, 0) is 79.1 Å². The minimum absolute atomic E-state index is 0.00912. The van der Waals surface area contributed by atoms with Crippen LogP contribution in [0.2, 0.25) is 15.1 Å². The maximum absolute atomic E-state index is 14.5. The highest BCUT2D eigenvalue weighted by atomic mass is 35.5. The lowest BCUT2D eigenvalue weighted by atomic mass is 10.0. The fourth-order valence-electron chi connectivity index (χ4n) is 4.72. The number of hydrogen-bond donors (Lipinski definition) is 1. The van der Waals surface area contributed by atoms with E-state index in [1.54, 1.807) is 42.5 Å². The molecule has 0 aliphatic carbocycles. The molecule has 0 bridgehead atoms. The predicted molar refractivity (Wildman–Crippen MR) is 181 cm³/mol. The van der Waals surface area contributed by atoms with Gasteiger partial charge in [0.15, 0.2) is 0 Å². The van der Waals surface area contributed by atoms with E-state index in [0.29, 0.717) is 27.1 Å². The van der Waals surface area contributed by atoms with Crippen molar-refractivity contribution in [2.45, 2.75) is 50.2 Å². The lowest BCUT2D eigenvalue weighted by Gasteiger charge is -2.34. The zero-order valence-corrected chi connectivity index (χ0v) is 28.0. The summed E-state index contributed by atoms with van der Waals surface area (Å²) in [7, 11) is -4.28. The summed E-state index contributed by atoms with van der Waals surface area (Å²) in [4.78, 5) is 29.7. The molecule has 0 aliphatic rings. The number of nitrogens with one attached hydrogen (secondary N) is 1. The van der Waals surface area contributed by atoms with Crippen molar-refractivity contribution in [3.8, 4) is 0 Å². The molecule has 4 aromatic carbocycles. The molecule has 2 amide bonds. The SMILES string of the molecule is CC[C@@H](C)NC(=O)[C@H](Cc1ccccc1)N(Cc1cccc(Cl)c1)C(=O)CN(c1cccc(Cl)c1)S(=O)(=O)c1ccc(Cl)cc1. The number of amides is 2. The molecule has 4 aromatic rings. The Balaban J connectivity index is 1.81. The first kappa shape index (κ1) is 34.3. The lowest BCUT2D eigenvalue weighted by Crippen LogP contribution is -2.54. The summed E-state index contributed by atoms with van der Waals surface area (Å²) >= 11 is 18.6. The Bertz CT molecular complexity index is 1720. The van der Waals surface area contributed by atoms with Gasteiger partial charge in [-0.15, -0.1) is 0 Å². The van der Waals surface area contributed by atoms with Crippen LogP contribution in [0, 0.1) is 0 Å². The smallest absolute Gasteiger partial charge is 0.264 e. The van der Waals surface area contributed by atoms with Crippen LogP contribution < -0.4 is 9.62 Å². The molecule has 0 radical (unpaired) electrons. The van der Waals surface area contributed by atoms with E-state index in [1.807, 2.05) is 44.2 Å². The van der Waals surface area contributed by atoms with Crippen molar-refractivity contribution in [2.24, 2.45) is 0 Å². The molecule has 0 aromatic heterocycles. The zero-order valence-electron chi connectivity index (χ0n) is 24.9. The number of hydrogen-bond acceptors (Lipinski definition) is 4. The van der Waals surface area contributed by atoms with Crippen LogP contribution in [0.4, 0.5) is 5.69 Å². The molecule has 0 aliphatic heterocycles. The Morgan fingerprint density at radius 2 is 1.40 bits per heavy atom. The first-order valence-corrected chi connectivity index (χ1v) is 17.0. The van der Waals surface area contributed by atoms with E-state index in [1.165, 1.54) is 35.2 Å². The second-order valence-corrected chi connectivity index (χ2v) is 13.8. The summed E-state index contributed by atoms with van der Waals surface area (Å²) in [5, 5.41) is 4.14. The van der Waals surface area contributed by atoms with Gasteiger partial charge >= 0.3 is 0 Å². The molecule has 0 fully saturated rings. The third kappa shape index (κ3) is 9.23. The van der Waals surface area contributed by atoms with Crippen LogP contribution in [-0.4, -0.2) is 43.8 Å². The van der Waals surface area contributed by atoms with Crippen molar-refractivity contribution in [1.82, 2.24) is 10.2 Å². The number of anilines is 1. The first-order chi connectivity index (χ1) is 21.5. The van der Waals surface area contributed by atoms with Gasteiger partial charge in [-0.3, -0.25) is 13.9 Å². The van der Waals surface area contributed by atoms with E-state index in [0.717, 1.165) is 9.87 Å². The van der Waals surface area contributed by atoms with Gasteiger partial charge in [-0.25, -0.2) is 8.42 Å². The van der Waals surface area contributed by atoms with Gasteiger partial charge in [0.2, 0.25) is 11.8 Å². The molecule has 1 N–H and O–H groups in total. The molecule has 2 atom stereocenters. The zero-order chi connectivity index (χ0) is 32.6. The number of carbonyl (C=O) groups is 2. The van der Waals surface area contributed by atoms with Crippen molar-refractivity contribution >= 4 is 62.3 Å². The van der Waals surface area contributed by atoms with Gasteiger partial charge in [-0.1, -0.05) is 90.3 Å². The first-order valence-electron chi connectivity index (χ1n) is 14.4. The average molecular weight is 687 g/mol. The number of nitrogens with zero attached hydrogens (tertiary/aromatic N) is 2. The minimum Gasteiger partial charge on any atom is -0.352 e. The van der Waals surface area contributed by atoms with Gasteiger partial charge in [0.05, 0.1) is 10.6 Å². The van der Waals surface area contributed by atoms with Gasteiger partial charge in [0.1, 0.15) is 12.6 Å². The summed E-state index contributed by atoms with van der Waals surface area (Å²) in [5.74, 6) is -0.939. The molecular weight excluding hydrogens is 653 g/mol. The van der Waals surface area contributed by atoms with Crippen LogP contribution >= 0.6 is 34.8 Å². The summed E-state index contributed by atoms with van der Waals surface area (Å²) in [5.41, 5.74) is 1.71. The van der Waals surface area contributed by atoms with Gasteiger partial charge in [-0.2, -0.15) is 0 Å². The Labute approximate surface area is 279 Å². The van der Waals surface area contributed by atoms with Crippen molar-refractivity contribution in [1.29, 1.82) is 0 Å². The van der Waals surface area contributed by atoms with Crippen LogP contribution in [0.15, 0.2) is 108 Å². The van der Waals surface area contributed by atoms with Crippen molar-refractivity contribution < 1.29 is 18.0 Å². The highest BCUT2D eigenvalue weighted by Crippen LogP contribution is 2.28. The number of halogens is 3. The summed E-state index contributed by atoms with van der Waals surface area (Å²) < 4.78 is 29.1. The molecular formula is C34H34Cl3N3O4S. The third-order valence-corrected chi connectivity index (χ3v) is 9.80. The maximum Gasteiger partial charge on any atom is 0.264 e. The fraction of sp³-hybridized carbons (Fsp3) is 0.235. The monoisotopic (exact) mass is 685 g/mol. The van der Waals surface area contributed by atoms with E-state index < -0.39 is 28.5 Å². The second-order valence-electron chi connectivity index (χ2n) is 10.6. The number of sulfonamides is 1. The Kier molecular flexibility index (Phi) is 11.9. The second kappa shape index (κ2) is 15.6. The highest BCUT2D eigenvalue weighted by molar-refractivity contribution is 7.92. The quantitative estimate of drug-likeness (QED) is 0.159. The van der Waals surface area contributed by atoms with Gasteiger partial charge in [0, 0.05) is 34.1 Å². The fourth-order valence-corrected chi connectivity index (χ4v) is 6.65. The summed E-state index contributed by atoms with van der Waals surface area (Å²) in [6.07, 6.45) is 0.893. The molecule has 0 spiro atoms. The minimum atomic E-state index is -4.28. The summed E-state index contributed by atoms with van der Waals surface area (Å²) in [6, 6.07) is 27.2. The van der Waals surface area contributed by atoms with E-state index in [-0.39, 0.29) is 35.5 Å². The van der Waals surface area contributed by atoms with Crippen LogP contribution in [0.25, 0.3) is 0 Å². The van der Waals surface area contributed by atoms with Crippen LogP contribution in [0.5, 0.6) is 0 Å². The maximum atomic E-state index is 14.5. The molecule has 0 saturated carbocycles. The molecule has 236 valence electrons. The Morgan fingerprint density at radius 3 is 2.02 bits per heavy atom. The molecule has 4 rings (SSSR count). The van der Waals surface area contributed by atoms with Crippen LogP contribution in [-0.2, 0) is 32.6 Å². The normalized spacial score (nSPS) is 12.6. The third-order valence-electron chi connectivity index (χ3n) is 7.29. The van der Waals surface area contributed by atoms with Crippen molar-refractivity contribution in [2.75, 3.05) is 10.8 Å². The van der Waals surface area contributed by atoms with Crippen LogP contribution in [0.3, 0.4) is 0 Å². The number of benzene rings is 4. The topological polar surface area (TPSA) is 86.8 Å². The molecule has 0 heterocycles. The van der Waals surface area contributed by atoms with E-state index in [9.17, 15) is 18.0 Å². The molecule has 0 saturated heterocycles. The van der Waals surface area contributed by atoms with Gasteiger partial charge in [0.25, 0.3) is 10.0 Å². The molecule has 7 nitrogen and oxygen atoms in total. The van der Waals surface area contributed by atoms with Crippen molar-refractivity contribution in [3.63, 3.8) is 0 Å². The van der Waals surface area contributed by atoms with E-state index >= 15 is 0 Å². The van der Waals surface area contributed by atoms with E-state index in [4.69, 9.17) is 34.8 Å². The average Bonchev–Trinajstić information content (AvgIpc) is 3.02. The van der Waals surface area contributed by atoms with E-state index in [2.05, 4.69) is 5.32 Å². The molecule has 11 heteroatoms. The van der Waals surface area contributed by atoms with Gasteiger partial charge < -0.3 is 10.2 Å². The Morgan fingerprint density at radius 1 is 0.778 bits per heavy atom. The van der Waals surface area contributed by atoms with Crippen molar-refractivity contribution in [3.05, 3.63) is 129 Å². The highest BCUT2D eigenvalue weighted by Gasteiger charge is 2.35. The Hall–Kier alpha value is -3.56. The molecule has 45 heavy (non-hydrogen) atoms. The number of rotatable bonds is 13. The molecule has 0 unspecified atom stereocenters.